The van der Waals surface area contributed by atoms with E-state index < -0.39 is 18.8 Å². The molecule has 0 saturated heterocycles. The van der Waals surface area contributed by atoms with Crippen LogP contribution in [0.1, 0.15) is 24.9 Å². The highest BCUT2D eigenvalue weighted by molar-refractivity contribution is 5.74. The van der Waals surface area contributed by atoms with Crippen molar-refractivity contribution < 1.29 is 22.7 Å². The zero-order chi connectivity index (χ0) is 15.2. The summed E-state index contributed by atoms with van der Waals surface area (Å²) in [7, 11) is 1.54. The summed E-state index contributed by atoms with van der Waals surface area (Å²) >= 11 is 0. The maximum absolute atomic E-state index is 12.0. The molecule has 1 aromatic rings. The van der Waals surface area contributed by atoms with Crippen molar-refractivity contribution in [2.45, 2.75) is 25.6 Å². The van der Waals surface area contributed by atoms with E-state index >= 15 is 0 Å². The first-order valence-electron chi connectivity index (χ1n) is 6.10. The van der Waals surface area contributed by atoms with Gasteiger partial charge in [0.2, 0.25) is 0 Å². The zero-order valence-electron chi connectivity index (χ0n) is 11.3. The van der Waals surface area contributed by atoms with E-state index in [0.717, 1.165) is 5.56 Å². The van der Waals surface area contributed by atoms with E-state index in [1.54, 1.807) is 29.6 Å². The Bertz CT molecular complexity index is 432. The molecule has 0 heterocycles. The molecule has 7 heteroatoms. The molecule has 4 nitrogen and oxygen atoms in total. The molecule has 0 bridgehead atoms. The molecular formula is C13H17F3N2O2. The molecule has 1 unspecified atom stereocenters. The molecule has 0 spiro atoms. The topological polar surface area (TPSA) is 50.4 Å². The third-order valence-corrected chi connectivity index (χ3v) is 2.68. The van der Waals surface area contributed by atoms with Gasteiger partial charge in [-0.25, -0.2) is 4.79 Å². The molecule has 112 valence electrons. The molecule has 1 rings (SSSR count). The lowest BCUT2D eigenvalue weighted by molar-refractivity contribution is -0.122. The largest absolute Gasteiger partial charge is 0.497 e. The van der Waals surface area contributed by atoms with Crippen LogP contribution in [0.5, 0.6) is 5.75 Å². The van der Waals surface area contributed by atoms with Crippen molar-refractivity contribution in [3.8, 4) is 5.75 Å². The summed E-state index contributed by atoms with van der Waals surface area (Å²) in [6.45, 7) is 0.483. The third-order valence-electron chi connectivity index (χ3n) is 2.68. The first-order chi connectivity index (χ1) is 9.35. The van der Waals surface area contributed by atoms with Gasteiger partial charge >= 0.3 is 12.2 Å². The first-order valence-corrected chi connectivity index (χ1v) is 6.10. The van der Waals surface area contributed by atoms with E-state index in [9.17, 15) is 18.0 Å². The Labute approximate surface area is 115 Å². The highest BCUT2D eigenvalue weighted by Crippen LogP contribution is 2.20. The second kappa shape index (κ2) is 7.02. The van der Waals surface area contributed by atoms with Crippen LogP contribution in [0.25, 0.3) is 0 Å². The van der Waals surface area contributed by atoms with Crippen LogP contribution in [0.15, 0.2) is 24.3 Å². The van der Waals surface area contributed by atoms with Crippen LogP contribution in [-0.2, 0) is 0 Å². The predicted molar refractivity (Wildman–Crippen MR) is 68.6 cm³/mol. The van der Waals surface area contributed by atoms with Gasteiger partial charge in [-0.3, -0.25) is 0 Å². The quantitative estimate of drug-likeness (QED) is 0.876. The molecular weight excluding hydrogens is 273 g/mol. The van der Waals surface area contributed by atoms with E-state index in [2.05, 4.69) is 5.32 Å². The minimum Gasteiger partial charge on any atom is -0.497 e. The van der Waals surface area contributed by atoms with Crippen LogP contribution in [0.3, 0.4) is 0 Å². The molecule has 0 radical (unpaired) electrons. The lowest BCUT2D eigenvalue weighted by Gasteiger charge is -2.18. The van der Waals surface area contributed by atoms with Gasteiger partial charge < -0.3 is 15.4 Å². The van der Waals surface area contributed by atoms with Gasteiger partial charge in [-0.15, -0.1) is 0 Å². The Balaban J connectivity index is 2.59. The summed E-state index contributed by atoms with van der Waals surface area (Å²) in [5.41, 5.74) is 0.801. The fourth-order valence-electron chi connectivity index (χ4n) is 1.65. The number of halogens is 3. The maximum atomic E-state index is 12.0. The minimum absolute atomic E-state index is 0.353. The monoisotopic (exact) mass is 290 g/mol. The summed E-state index contributed by atoms with van der Waals surface area (Å²) in [4.78, 5) is 11.4. The average Bonchev–Trinajstić information content (AvgIpc) is 2.42. The second-order valence-corrected chi connectivity index (χ2v) is 4.18. The van der Waals surface area contributed by atoms with Gasteiger partial charge in [0, 0.05) is 0 Å². The zero-order valence-corrected chi connectivity index (χ0v) is 11.3. The van der Waals surface area contributed by atoms with Gasteiger partial charge in [0.15, 0.2) is 0 Å². The van der Waals surface area contributed by atoms with Crippen molar-refractivity contribution >= 4 is 6.03 Å². The second-order valence-electron chi connectivity index (χ2n) is 4.18. The predicted octanol–water partition coefficient (Wildman–Crippen LogP) is 3.01. The van der Waals surface area contributed by atoms with Crippen LogP contribution in [0, 0.1) is 0 Å². The molecule has 2 amide bonds. The standard InChI is InChI=1S/C13H17F3N2O2/c1-3-11(9-4-6-10(20-2)7-5-9)18-12(19)17-8-13(14,15)16/h4-7,11H,3,8H2,1-2H3,(H2,17,18,19). The van der Waals surface area contributed by atoms with Crippen molar-refractivity contribution in [1.82, 2.24) is 10.6 Å². The van der Waals surface area contributed by atoms with Gasteiger partial charge in [-0.1, -0.05) is 19.1 Å². The summed E-state index contributed by atoms with van der Waals surface area (Å²) in [5, 5.41) is 4.28. The van der Waals surface area contributed by atoms with Gasteiger partial charge in [-0.05, 0) is 24.1 Å². The number of ether oxygens (including phenoxy) is 1. The number of carbonyl (C=O) groups excluding carboxylic acids is 1. The lowest BCUT2D eigenvalue weighted by Crippen LogP contribution is -2.42. The maximum Gasteiger partial charge on any atom is 0.405 e. The van der Waals surface area contributed by atoms with Crippen LogP contribution in [0.4, 0.5) is 18.0 Å². The molecule has 0 fully saturated rings. The first kappa shape index (κ1) is 16.1. The molecule has 0 aliphatic carbocycles. The molecule has 2 N–H and O–H groups in total. The molecule has 20 heavy (non-hydrogen) atoms. The highest BCUT2D eigenvalue weighted by atomic mass is 19.4. The number of carbonyl (C=O) groups is 1. The molecule has 0 aliphatic rings. The number of rotatable bonds is 5. The summed E-state index contributed by atoms with van der Waals surface area (Å²) in [6, 6.07) is 5.79. The van der Waals surface area contributed by atoms with E-state index in [4.69, 9.17) is 4.74 Å². The van der Waals surface area contributed by atoms with E-state index in [0.29, 0.717) is 12.2 Å². The van der Waals surface area contributed by atoms with Crippen LogP contribution in [-0.4, -0.2) is 25.9 Å². The average molecular weight is 290 g/mol. The summed E-state index contributed by atoms with van der Waals surface area (Å²) in [6.07, 6.45) is -3.86. The Morgan fingerprint density at radius 3 is 2.35 bits per heavy atom. The molecule has 1 atom stereocenters. The Hall–Kier alpha value is -1.92. The van der Waals surface area contributed by atoms with Crippen LogP contribution >= 0.6 is 0 Å². The fourth-order valence-corrected chi connectivity index (χ4v) is 1.65. The van der Waals surface area contributed by atoms with E-state index in [-0.39, 0.29) is 6.04 Å². The number of alkyl halides is 3. The van der Waals surface area contributed by atoms with Crippen molar-refractivity contribution in [3.05, 3.63) is 29.8 Å². The van der Waals surface area contributed by atoms with Gasteiger partial charge in [0.05, 0.1) is 13.2 Å². The Kier molecular flexibility index (Phi) is 5.66. The number of nitrogens with one attached hydrogen (secondary N) is 2. The van der Waals surface area contributed by atoms with Crippen LogP contribution < -0.4 is 15.4 Å². The molecule has 0 aromatic heterocycles. The number of hydrogen-bond donors (Lipinski definition) is 2. The van der Waals surface area contributed by atoms with Crippen molar-refractivity contribution in [3.63, 3.8) is 0 Å². The number of benzene rings is 1. The fraction of sp³-hybridized carbons (Fsp3) is 0.462. The summed E-state index contributed by atoms with van der Waals surface area (Å²) in [5.74, 6) is 0.671. The van der Waals surface area contributed by atoms with E-state index in [1.807, 2.05) is 6.92 Å². The molecule has 1 aromatic carbocycles. The third kappa shape index (κ3) is 5.38. The highest BCUT2D eigenvalue weighted by Gasteiger charge is 2.28. The Morgan fingerprint density at radius 2 is 1.90 bits per heavy atom. The van der Waals surface area contributed by atoms with Gasteiger partial charge in [0.25, 0.3) is 0 Å². The normalized spacial score (nSPS) is 12.7. The smallest absolute Gasteiger partial charge is 0.405 e. The number of methoxy groups -OCH3 is 1. The number of amides is 2. The summed E-state index contributed by atoms with van der Waals surface area (Å²) < 4.78 is 41.0. The van der Waals surface area contributed by atoms with Crippen molar-refractivity contribution in [1.29, 1.82) is 0 Å². The van der Waals surface area contributed by atoms with Crippen LogP contribution in [0.2, 0.25) is 0 Å². The van der Waals surface area contributed by atoms with Gasteiger partial charge in [0.1, 0.15) is 12.3 Å². The minimum atomic E-state index is -4.42. The van der Waals surface area contributed by atoms with Crippen molar-refractivity contribution in [2.75, 3.05) is 13.7 Å². The molecule has 0 aliphatic heterocycles. The number of hydrogen-bond acceptors (Lipinski definition) is 2. The molecule has 0 saturated carbocycles. The lowest BCUT2D eigenvalue weighted by atomic mass is 10.0. The Morgan fingerprint density at radius 1 is 1.30 bits per heavy atom. The van der Waals surface area contributed by atoms with E-state index in [1.165, 1.54) is 7.11 Å². The van der Waals surface area contributed by atoms with Gasteiger partial charge in [-0.2, -0.15) is 13.2 Å². The SMILES string of the molecule is CCC(NC(=O)NCC(F)(F)F)c1ccc(OC)cc1. The number of urea groups is 1. The van der Waals surface area contributed by atoms with Crippen molar-refractivity contribution in [2.24, 2.45) is 0 Å².